The molecule has 56 heavy (non-hydrogen) atoms. The van der Waals surface area contributed by atoms with E-state index in [1.54, 1.807) is 0 Å². The van der Waals surface area contributed by atoms with Gasteiger partial charge in [0.25, 0.3) is 0 Å². The Kier molecular flexibility index (Phi) is 9.32. The molecule has 8 aromatic carbocycles. The summed E-state index contributed by atoms with van der Waals surface area (Å²) in [5, 5.41) is 9.83. The fourth-order valence-corrected chi connectivity index (χ4v) is 7.39. The van der Waals surface area contributed by atoms with Crippen LogP contribution in [0.5, 0.6) is 11.5 Å². The van der Waals surface area contributed by atoms with E-state index in [-0.39, 0.29) is 0 Å². The fourth-order valence-electron chi connectivity index (χ4n) is 7.39. The summed E-state index contributed by atoms with van der Waals surface area (Å²) in [4.78, 5) is 5.01. The summed E-state index contributed by atoms with van der Waals surface area (Å²) in [5.74, 6) is 2.36. The Hall–Kier alpha value is -7.37. The molecular weight excluding hydrogens is 685 g/mol. The van der Waals surface area contributed by atoms with Crippen molar-refractivity contribution in [1.82, 2.24) is 4.57 Å². The molecule has 0 aliphatic heterocycles. The van der Waals surface area contributed by atoms with E-state index in [4.69, 9.17) is 9.73 Å². The summed E-state index contributed by atoms with van der Waals surface area (Å²) in [5.41, 5.74) is 12.7. The minimum absolute atomic E-state index is 0.730. The van der Waals surface area contributed by atoms with E-state index in [9.17, 15) is 0 Å². The lowest BCUT2D eigenvalue weighted by molar-refractivity contribution is 0.483. The number of nitrogens with zero attached hydrogens (tertiary/aromatic N) is 2. The minimum atomic E-state index is 0.730. The van der Waals surface area contributed by atoms with Gasteiger partial charge in [-0.15, -0.1) is 0 Å². The highest BCUT2D eigenvalue weighted by Gasteiger charge is 2.16. The first kappa shape index (κ1) is 34.4. The molecule has 0 atom stereocenters. The normalized spacial score (nSPS) is 11.5. The number of benzene rings is 8. The summed E-state index contributed by atoms with van der Waals surface area (Å²) in [6.45, 7) is 4.15. The van der Waals surface area contributed by atoms with Crippen molar-refractivity contribution in [3.05, 3.63) is 200 Å². The average molecular weight is 725 g/mol. The van der Waals surface area contributed by atoms with Crippen molar-refractivity contribution < 1.29 is 4.74 Å². The summed E-state index contributed by atoms with van der Waals surface area (Å²) < 4.78 is 8.79. The van der Waals surface area contributed by atoms with E-state index in [0.717, 1.165) is 84.4 Å². The molecule has 0 amide bonds. The Morgan fingerprint density at radius 2 is 1.09 bits per heavy atom. The summed E-state index contributed by atoms with van der Waals surface area (Å²) in [6, 6.07) is 67.0. The molecule has 0 saturated heterocycles. The van der Waals surface area contributed by atoms with Gasteiger partial charge in [0, 0.05) is 39.7 Å². The number of fused-ring (bicyclic) bond motifs is 3. The van der Waals surface area contributed by atoms with E-state index in [1.165, 1.54) is 10.9 Å². The van der Waals surface area contributed by atoms with Crippen LogP contribution < -0.4 is 15.4 Å². The number of para-hydroxylation sites is 4. The van der Waals surface area contributed by atoms with Crippen LogP contribution in [-0.2, 0) is 0 Å². The number of aliphatic imine (C=N–C) groups is 1. The molecule has 9 rings (SSSR count). The topological polar surface area (TPSA) is 50.6 Å². The van der Waals surface area contributed by atoms with E-state index in [2.05, 4.69) is 193 Å². The third-order valence-corrected chi connectivity index (χ3v) is 10.1. The van der Waals surface area contributed by atoms with Crippen LogP contribution in [-0.4, -0.2) is 10.4 Å². The zero-order chi connectivity index (χ0) is 37.8. The van der Waals surface area contributed by atoms with Crippen LogP contribution in [0.15, 0.2) is 199 Å². The summed E-state index contributed by atoms with van der Waals surface area (Å²) in [7, 11) is 0. The highest BCUT2D eigenvalue weighted by Crippen LogP contribution is 2.41. The molecule has 1 aromatic heterocycles. The summed E-state index contributed by atoms with van der Waals surface area (Å²) >= 11 is 0. The predicted octanol–water partition coefficient (Wildman–Crippen LogP) is 14.3. The van der Waals surface area contributed by atoms with Crippen LogP contribution in [0.25, 0.3) is 44.1 Å². The van der Waals surface area contributed by atoms with Crippen molar-refractivity contribution in [2.75, 3.05) is 10.6 Å². The van der Waals surface area contributed by atoms with Crippen LogP contribution >= 0.6 is 0 Å². The first-order valence-electron chi connectivity index (χ1n) is 18.9. The molecule has 0 aliphatic rings. The van der Waals surface area contributed by atoms with Crippen LogP contribution in [0.4, 0.5) is 28.4 Å². The molecular formula is C51H40N4O. The SMILES string of the molecule is C/C(=N\c1ccc(C)cc1)n1c2ccccc2c2ccc(Oc3cccc(Nc4ccccc4Nc4c(-c5ccccc5)cccc4-c4ccccc4)c3)cc21. The highest BCUT2D eigenvalue weighted by atomic mass is 16.5. The van der Waals surface area contributed by atoms with Gasteiger partial charge in [-0.2, -0.15) is 0 Å². The second-order valence-electron chi connectivity index (χ2n) is 13.9. The van der Waals surface area contributed by atoms with E-state index < -0.39 is 0 Å². The first-order valence-corrected chi connectivity index (χ1v) is 18.9. The molecule has 0 radical (unpaired) electrons. The quantitative estimate of drug-likeness (QED) is 0.115. The molecule has 9 aromatic rings. The lowest BCUT2D eigenvalue weighted by Crippen LogP contribution is -2.06. The maximum atomic E-state index is 6.57. The van der Waals surface area contributed by atoms with Crippen LogP contribution in [0.3, 0.4) is 0 Å². The minimum Gasteiger partial charge on any atom is -0.457 e. The number of hydrogen-bond acceptors (Lipinski definition) is 4. The van der Waals surface area contributed by atoms with Crippen molar-refractivity contribution in [1.29, 1.82) is 0 Å². The molecule has 1 heterocycles. The third-order valence-electron chi connectivity index (χ3n) is 10.1. The number of ether oxygens (including phenoxy) is 1. The Bertz CT molecular complexity index is 2780. The third kappa shape index (κ3) is 7.02. The molecule has 270 valence electrons. The standard InChI is InChI=1S/C51H40N4O/c1-35-27-29-39(30-28-35)52-36(2)55-49-26-12-9-21-45(49)46-32-31-42(34-50(46)55)56-41-20-13-19-40(33-41)53-47-24-10-11-25-48(47)54-51-43(37-15-5-3-6-16-37)22-14-23-44(51)38-17-7-4-8-18-38/h3-34,53-54H,1-2H3/b52-36+. The second kappa shape index (κ2) is 15.2. The number of rotatable bonds is 9. The average Bonchev–Trinajstić information content (AvgIpc) is 3.57. The number of aromatic nitrogens is 1. The van der Waals surface area contributed by atoms with Crippen molar-refractivity contribution in [2.45, 2.75) is 13.8 Å². The highest BCUT2D eigenvalue weighted by molar-refractivity contribution is 6.14. The van der Waals surface area contributed by atoms with Gasteiger partial charge in [-0.05, 0) is 79.6 Å². The smallest absolute Gasteiger partial charge is 0.129 e. The van der Waals surface area contributed by atoms with Crippen LogP contribution in [0, 0.1) is 6.92 Å². The number of nitrogens with one attached hydrogen (secondary N) is 2. The largest absolute Gasteiger partial charge is 0.457 e. The Morgan fingerprint density at radius 3 is 1.80 bits per heavy atom. The number of hydrogen-bond donors (Lipinski definition) is 2. The van der Waals surface area contributed by atoms with Gasteiger partial charge in [0.2, 0.25) is 0 Å². The predicted molar refractivity (Wildman–Crippen MR) is 236 cm³/mol. The second-order valence-corrected chi connectivity index (χ2v) is 13.9. The van der Waals surface area contributed by atoms with E-state index >= 15 is 0 Å². The van der Waals surface area contributed by atoms with Gasteiger partial charge in [0.05, 0.1) is 33.8 Å². The number of aryl methyl sites for hydroxylation is 1. The molecule has 0 fully saturated rings. The monoisotopic (exact) mass is 724 g/mol. The van der Waals surface area contributed by atoms with Crippen molar-refractivity contribution >= 4 is 56.1 Å². The van der Waals surface area contributed by atoms with Gasteiger partial charge < -0.3 is 15.4 Å². The zero-order valence-electron chi connectivity index (χ0n) is 31.3. The maximum absolute atomic E-state index is 6.57. The fraction of sp³-hybridized carbons (Fsp3) is 0.0392. The van der Waals surface area contributed by atoms with E-state index in [0.29, 0.717) is 0 Å². The van der Waals surface area contributed by atoms with Crippen molar-refractivity contribution in [3.8, 4) is 33.8 Å². The van der Waals surface area contributed by atoms with E-state index in [1.807, 2.05) is 30.3 Å². The molecule has 5 nitrogen and oxygen atoms in total. The Balaban J connectivity index is 1.03. The van der Waals surface area contributed by atoms with Gasteiger partial charge in [-0.3, -0.25) is 4.57 Å². The van der Waals surface area contributed by atoms with Gasteiger partial charge >= 0.3 is 0 Å². The lowest BCUT2D eigenvalue weighted by atomic mass is 9.95. The lowest BCUT2D eigenvalue weighted by Gasteiger charge is -2.20. The Labute approximate surface area is 327 Å². The van der Waals surface area contributed by atoms with Gasteiger partial charge in [-0.1, -0.05) is 133 Å². The van der Waals surface area contributed by atoms with Crippen molar-refractivity contribution in [3.63, 3.8) is 0 Å². The van der Waals surface area contributed by atoms with Gasteiger partial charge in [0.1, 0.15) is 17.3 Å². The van der Waals surface area contributed by atoms with Gasteiger partial charge in [-0.25, -0.2) is 4.99 Å². The molecule has 0 saturated carbocycles. The Morgan fingerprint density at radius 1 is 0.500 bits per heavy atom. The number of anilines is 4. The molecule has 0 bridgehead atoms. The first-order chi connectivity index (χ1) is 27.6. The van der Waals surface area contributed by atoms with Crippen LogP contribution in [0.2, 0.25) is 0 Å². The maximum Gasteiger partial charge on any atom is 0.129 e. The summed E-state index contributed by atoms with van der Waals surface area (Å²) in [6.07, 6.45) is 0. The van der Waals surface area contributed by atoms with Crippen molar-refractivity contribution in [2.24, 2.45) is 4.99 Å². The molecule has 2 N–H and O–H groups in total. The molecule has 0 aliphatic carbocycles. The zero-order valence-corrected chi connectivity index (χ0v) is 31.3. The van der Waals surface area contributed by atoms with Gasteiger partial charge in [0.15, 0.2) is 0 Å². The molecule has 5 heteroatoms. The van der Waals surface area contributed by atoms with Crippen LogP contribution in [0.1, 0.15) is 12.5 Å². The molecule has 0 spiro atoms. The molecule has 0 unspecified atom stereocenters.